The lowest BCUT2D eigenvalue weighted by Gasteiger charge is -2.04. The molecule has 3 rings (SSSR count). The van der Waals surface area contributed by atoms with Crippen molar-refractivity contribution in [2.75, 3.05) is 5.73 Å². The van der Waals surface area contributed by atoms with E-state index in [2.05, 4.69) is 34.1 Å². The molecule has 0 spiro atoms. The van der Waals surface area contributed by atoms with Crippen molar-refractivity contribution in [1.29, 1.82) is 0 Å². The van der Waals surface area contributed by atoms with E-state index in [9.17, 15) is 0 Å². The zero-order valence-electron chi connectivity index (χ0n) is 16.5. The van der Waals surface area contributed by atoms with Gasteiger partial charge in [-0.15, -0.1) is 5.11 Å². The van der Waals surface area contributed by atoms with Crippen molar-refractivity contribution in [3.05, 3.63) is 60.9 Å². The highest BCUT2D eigenvalue weighted by atomic mass is 79.9. The van der Waals surface area contributed by atoms with Crippen LogP contribution >= 0.6 is 0 Å². The highest BCUT2D eigenvalue weighted by Gasteiger charge is 2.04. The van der Waals surface area contributed by atoms with Gasteiger partial charge in [0.25, 0.3) is 0 Å². The van der Waals surface area contributed by atoms with Crippen LogP contribution in [0.4, 0.5) is 17.1 Å². The van der Waals surface area contributed by atoms with Crippen LogP contribution in [0.5, 0.6) is 0 Å². The largest absolute Gasteiger partial charge is 1.00 e. The Bertz CT molecular complexity index is 891. The van der Waals surface area contributed by atoms with E-state index in [-0.39, 0.29) is 17.0 Å². The molecule has 0 aliphatic carbocycles. The van der Waals surface area contributed by atoms with Crippen LogP contribution in [0.3, 0.4) is 0 Å². The van der Waals surface area contributed by atoms with Crippen LogP contribution in [-0.2, 0) is 6.54 Å². The Hall–Kier alpha value is -2.27. The molecule has 0 saturated carbocycles. The lowest BCUT2D eigenvalue weighted by atomic mass is 10.1. The Morgan fingerprint density at radius 2 is 1.46 bits per heavy atom. The first-order chi connectivity index (χ1) is 13.3. The van der Waals surface area contributed by atoms with Gasteiger partial charge in [0, 0.05) is 35.0 Å². The highest BCUT2D eigenvalue weighted by Crippen LogP contribution is 2.31. The molecule has 2 aromatic carbocycles. The summed E-state index contributed by atoms with van der Waals surface area (Å²) < 4.78 is 2.22. The second kappa shape index (κ2) is 11.5. The summed E-state index contributed by atoms with van der Waals surface area (Å²) in [6.07, 6.45) is 12.1. The Labute approximate surface area is 178 Å². The van der Waals surface area contributed by atoms with Crippen molar-refractivity contribution in [1.82, 2.24) is 0 Å². The SMILES string of the molecule is CCCCCCCC[n+]1ccc(N=Nc2ccc(N)c3ccccc23)cc1.[Br-]. The fourth-order valence-corrected chi connectivity index (χ4v) is 3.25. The molecule has 0 fully saturated rings. The minimum Gasteiger partial charge on any atom is -1.00 e. The van der Waals surface area contributed by atoms with E-state index in [0.717, 1.165) is 34.4 Å². The van der Waals surface area contributed by atoms with Gasteiger partial charge in [-0.1, -0.05) is 56.9 Å². The fourth-order valence-electron chi connectivity index (χ4n) is 3.25. The molecule has 28 heavy (non-hydrogen) atoms. The smallest absolute Gasteiger partial charge is 0.171 e. The number of hydrogen-bond acceptors (Lipinski definition) is 3. The molecule has 1 heterocycles. The Morgan fingerprint density at radius 3 is 2.21 bits per heavy atom. The number of nitrogens with zero attached hydrogens (tertiary/aromatic N) is 3. The third kappa shape index (κ3) is 6.13. The average Bonchev–Trinajstić information content (AvgIpc) is 2.71. The van der Waals surface area contributed by atoms with E-state index in [1.54, 1.807) is 0 Å². The van der Waals surface area contributed by atoms with Gasteiger partial charge in [0.1, 0.15) is 6.54 Å². The van der Waals surface area contributed by atoms with E-state index in [0.29, 0.717) is 0 Å². The number of nitrogens with two attached hydrogens (primary N) is 1. The lowest BCUT2D eigenvalue weighted by Crippen LogP contribution is -3.00. The highest BCUT2D eigenvalue weighted by molar-refractivity contribution is 5.99. The normalized spacial score (nSPS) is 11.0. The summed E-state index contributed by atoms with van der Waals surface area (Å²) in [6, 6.07) is 15.9. The van der Waals surface area contributed by atoms with E-state index < -0.39 is 0 Å². The van der Waals surface area contributed by atoms with Gasteiger partial charge in [-0.2, -0.15) is 5.11 Å². The van der Waals surface area contributed by atoms with Gasteiger partial charge >= 0.3 is 0 Å². The van der Waals surface area contributed by atoms with Gasteiger partial charge in [-0.3, -0.25) is 0 Å². The molecule has 3 aromatic rings. The molecule has 2 N–H and O–H groups in total. The second-order valence-corrected chi connectivity index (χ2v) is 6.98. The first kappa shape index (κ1) is 22.0. The van der Waals surface area contributed by atoms with E-state index in [4.69, 9.17) is 5.73 Å². The summed E-state index contributed by atoms with van der Waals surface area (Å²) in [5.41, 5.74) is 8.50. The molecule has 0 saturated heterocycles. The van der Waals surface area contributed by atoms with Gasteiger partial charge in [0.05, 0.1) is 11.4 Å². The summed E-state index contributed by atoms with van der Waals surface area (Å²) >= 11 is 0. The van der Waals surface area contributed by atoms with Gasteiger partial charge in [-0.05, 0) is 18.6 Å². The third-order valence-corrected chi connectivity index (χ3v) is 4.85. The molecule has 0 radical (unpaired) electrons. The molecular weight excluding hydrogens is 412 g/mol. The molecule has 148 valence electrons. The monoisotopic (exact) mass is 440 g/mol. The standard InChI is InChI=1S/C23H28N4.BrH/c1-2-3-4-5-6-9-16-27-17-14-19(15-18-27)25-26-23-13-12-22(24)20-10-7-8-11-21(20)23;/h7-8,10-15,17-18,24H,2-6,9,16H2,1H3;1H. The Morgan fingerprint density at radius 1 is 0.786 bits per heavy atom. The van der Waals surface area contributed by atoms with E-state index in [1.807, 2.05) is 48.5 Å². The van der Waals surface area contributed by atoms with Gasteiger partial charge in [-0.25, -0.2) is 4.57 Å². The van der Waals surface area contributed by atoms with Crippen molar-refractivity contribution in [2.45, 2.75) is 52.0 Å². The van der Waals surface area contributed by atoms with Crippen LogP contribution in [0.25, 0.3) is 10.8 Å². The minimum atomic E-state index is 0. The number of fused-ring (bicyclic) bond motifs is 1. The van der Waals surface area contributed by atoms with Crippen LogP contribution in [0.2, 0.25) is 0 Å². The first-order valence-electron chi connectivity index (χ1n) is 9.96. The lowest BCUT2D eigenvalue weighted by molar-refractivity contribution is -0.697. The van der Waals surface area contributed by atoms with Gasteiger partial charge < -0.3 is 22.7 Å². The maximum Gasteiger partial charge on any atom is 0.171 e. The fraction of sp³-hybridized carbons (Fsp3) is 0.348. The molecule has 0 bridgehead atoms. The molecule has 0 atom stereocenters. The Balaban J connectivity index is 0.00000280. The number of anilines is 1. The zero-order chi connectivity index (χ0) is 18.9. The summed E-state index contributed by atoms with van der Waals surface area (Å²) in [7, 11) is 0. The maximum atomic E-state index is 6.05. The minimum absolute atomic E-state index is 0. The molecular formula is C23H29BrN4. The number of aryl methyl sites for hydroxylation is 1. The number of rotatable bonds is 9. The quantitative estimate of drug-likeness (QED) is 0.235. The topological polar surface area (TPSA) is 54.6 Å². The van der Waals surface area contributed by atoms with E-state index in [1.165, 1.54) is 38.5 Å². The van der Waals surface area contributed by atoms with Gasteiger partial charge in [0.15, 0.2) is 12.4 Å². The summed E-state index contributed by atoms with van der Waals surface area (Å²) in [6.45, 7) is 3.32. The third-order valence-electron chi connectivity index (χ3n) is 4.85. The molecule has 0 aliphatic rings. The zero-order valence-corrected chi connectivity index (χ0v) is 18.1. The number of benzene rings is 2. The average molecular weight is 441 g/mol. The van der Waals surface area contributed by atoms with Crippen LogP contribution < -0.4 is 27.3 Å². The van der Waals surface area contributed by atoms with Crippen molar-refractivity contribution in [3.8, 4) is 0 Å². The number of azo groups is 1. The van der Waals surface area contributed by atoms with Crippen LogP contribution in [0, 0.1) is 0 Å². The van der Waals surface area contributed by atoms with Crippen LogP contribution in [0.15, 0.2) is 71.2 Å². The number of aromatic nitrogens is 1. The molecule has 4 nitrogen and oxygen atoms in total. The second-order valence-electron chi connectivity index (χ2n) is 6.98. The van der Waals surface area contributed by atoms with Crippen LogP contribution in [0.1, 0.15) is 45.4 Å². The molecule has 0 unspecified atom stereocenters. The number of halogens is 1. The molecule has 5 heteroatoms. The summed E-state index contributed by atoms with van der Waals surface area (Å²) in [5, 5.41) is 10.9. The summed E-state index contributed by atoms with van der Waals surface area (Å²) in [4.78, 5) is 0. The van der Waals surface area contributed by atoms with Crippen molar-refractivity contribution in [2.24, 2.45) is 10.2 Å². The maximum absolute atomic E-state index is 6.05. The molecule has 0 amide bonds. The number of hydrogen-bond donors (Lipinski definition) is 1. The van der Waals surface area contributed by atoms with Crippen molar-refractivity contribution < 1.29 is 21.5 Å². The molecule has 1 aromatic heterocycles. The summed E-state index contributed by atoms with van der Waals surface area (Å²) in [5.74, 6) is 0. The number of unbranched alkanes of at least 4 members (excludes halogenated alkanes) is 5. The van der Waals surface area contributed by atoms with Crippen molar-refractivity contribution >= 4 is 27.8 Å². The van der Waals surface area contributed by atoms with Gasteiger partial charge in [0.2, 0.25) is 0 Å². The predicted octanol–water partition coefficient (Wildman–Crippen LogP) is 3.49. The Kier molecular flexibility index (Phi) is 9.08. The molecule has 0 aliphatic heterocycles. The van der Waals surface area contributed by atoms with E-state index >= 15 is 0 Å². The van der Waals surface area contributed by atoms with Crippen LogP contribution in [-0.4, -0.2) is 0 Å². The van der Waals surface area contributed by atoms with Crippen molar-refractivity contribution in [3.63, 3.8) is 0 Å². The number of nitrogen functional groups attached to an aromatic ring is 1. The first-order valence-corrected chi connectivity index (χ1v) is 9.96. The number of pyridine rings is 1. The predicted molar refractivity (Wildman–Crippen MR) is 113 cm³/mol.